The molecule has 0 aliphatic rings. The molecule has 74 valence electrons. The van der Waals surface area contributed by atoms with Crippen molar-refractivity contribution in [3.05, 3.63) is 29.8 Å². The molecule has 0 fully saturated rings. The van der Waals surface area contributed by atoms with Gasteiger partial charge in [0.2, 0.25) is 0 Å². The fourth-order valence-electron chi connectivity index (χ4n) is 0.951. The second kappa shape index (κ2) is 5.01. The minimum absolute atomic E-state index is 0.272. The molecule has 0 radical (unpaired) electrons. The molecule has 0 aromatic heterocycles. The molecule has 0 saturated carbocycles. The Balaban J connectivity index is 2.75. The van der Waals surface area contributed by atoms with Gasteiger partial charge < -0.3 is 10.1 Å². The van der Waals surface area contributed by atoms with E-state index in [2.05, 4.69) is 5.32 Å². The maximum absolute atomic E-state index is 11.0. The lowest BCUT2D eigenvalue weighted by atomic mass is 10.2. The Hall–Kier alpha value is -1.84. The highest BCUT2D eigenvalue weighted by Gasteiger charge is 2.06. The van der Waals surface area contributed by atoms with Crippen molar-refractivity contribution >= 4 is 12.4 Å². The number of carbonyl (C=O) groups is 2. The van der Waals surface area contributed by atoms with Crippen LogP contribution in [0.3, 0.4) is 0 Å². The Bertz CT molecular complexity index is 336. The summed E-state index contributed by atoms with van der Waals surface area (Å²) in [5.74, 6) is 0.272. The molecule has 4 nitrogen and oxygen atoms in total. The van der Waals surface area contributed by atoms with E-state index in [9.17, 15) is 9.59 Å². The number of nitrogens with one attached hydrogen (secondary N) is 1. The number of amides is 1. The van der Waals surface area contributed by atoms with Gasteiger partial charge in [-0.3, -0.25) is 4.79 Å². The molecular weight excluding hydrogens is 182 g/mol. The van der Waals surface area contributed by atoms with Crippen LogP contribution in [-0.2, 0) is 0 Å². The summed E-state index contributed by atoms with van der Waals surface area (Å²) in [5.41, 5.74) is 0.360. The van der Waals surface area contributed by atoms with Gasteiger partial charge in [-0.1, -0.05) is 12.1 Å². The number of hydrogen-bond acceptors (Lipinski definition) is 3. The van der Waals surface area contributed by atoms with Crippen molar-refractivity contribution in [3.63, 3.8) is 0 Å². The minimum atomic E-state index is -0.554. The summed E-state index contributed by atoms with van der Waals surface area (Å²) in [5, 5.41) is 2.47. The van der Waals surface area contributed by atoms with Crippen molar-refractivity contribution in [2.75, 3.05) is 6.54 Å². The smallest absolute Gasteiger partial charge is 0.410 e. The van der Waals surface area contributed by atoms with Gasteiger partial charge >= 0.3 is 6.09 Å². The molecule has 1 amide bonds. The summed E-state index contributed by atoms with van der Waals surface area (Å²) in [6, 6.07) is 6.55. The van der Waals surface area contributed by atoms with Crippen LogP contribution in [0.15, 0.2) is 24.3 Å². The van der Waals surface area contributed by atoms with Crippen LogP contribution in [0.2, 0.25) is 0 Å². The fraction of sp³-hybridized carbons (Fsp3) is 0.200. The molecule has 0 saturated heterocycles. The minimum Gasteiger partial charge on any atom is -0.410 e. The molecule has 1 aromatic carbocycles. The quantitative estimate of drug-likeness (QED) is 0.742. The molecule has 1 N–H and O–H groups in total. The first-order valence-corrected chi connectivity index (χ1v) is 4.27. The summed E-state index contributed by atoms with van der Waals surface area (Å²) >= 11 is 0. The molecule has 14 heavy (non-hydrogen) atoms. The molecule has 0 bridgehead atoms. The molecule has 1 rings (SSSR count). The van der Waals surface area contributed by atoms with Gasteiger partial charge in [-0.25, -0.2) is 4.79 Å². The van der Waals surface area contributed by atoms with Crippen LogP contribution in [0.5, 0.6) is 5.75 Å². The van der Waals surface area contributed by atoms with Crippen LogP contribution in [0.4, 0.5) is 4.79 Å². The Morgan fingerprint density at radius 2 is 2.21 bits per heavy atom. The molecule has 0 aliphatic carbocycles. The van der Waals surface area contributed by atoms with Gasteiger partial charge in [0.1, 0.15) is 5.75 Å². The van der Waals surface area contributed by atoms with Crippen LogP contribution in [-0.4, -0.2) is 18.9 Å². The molecule has 0 unspecified atom stereocenters. The molecule has 4 heteroatoms. The zero-order valence-corrected chi connectivity index (χ0v) is 7.82. The third-order valence-corrected chi connectivity index (χ3v) is 1.57. The fourth-order valence-corrected chi connectivity index (χ4v) is 0.951. The number of carbonyl (C=O) groups excluding carboxylic acids is 2. The first-order valence-electron chi connectivity index (χ1n) is 4.27. The lowest BCUT2D eigenvalue weighted by molar-refractivity contribution is 0.112. The maximum atomic E-state index is 11.0. The lowest BCUT2D eigenvalue weighted by Crippen LogP contribution is -2.26. The average molecular weight is 193 g/mol. The second-order valence-electron chi connectivity index (χ2n) is 2.58. The first-order chi connectivity index (χ1) is 6.77. The van der Waals surface area contributed by atoms with Crippen LogP contribution in [0.1, 0.15) is 17.3 Å². The van der Waals surface area contributed by atoms with E-state index in [-0.39, 0.29) is 5.75 Å². The van der Waals surface area contributed by atoms with Crippen molar-refractivity contribution in [2.45, 2.75) is 6.92 Å². The van der Waals surface area contributed by atoms with Crippen molar-refractivity contribution in [1.29, 1.82) is 0 Å². The van der Waals surface area contributed by atoms with Gasteiger partial charge in [0.05, 0.1) is 5.56 Å². The summed E-state index contributed by atoms with van der Waals surface area (Å²) < 4.78 is 4.90. The Labute approximate surface area is 81.9 Å². The van der Waals surface area contributed by atoms with Gasteiger partial charge in [-0.15, -0.1) is 0 Å². The van der Waals surface area contributed by atoms with E-state index in [1.54, 1.807) is 31.2 Å². The number of benzene rings is 1. The predicted octanol–water partition coefficient (Wildman–Crippen LogP) is 1.61. The second-order valence-corrected chi connectivity index (χ2v) is 2.58. The standard InChI is InChI=1S/C10H11NO3/c1-2-11-10(13)14-9-6-4-3-5-8(9)7-12/h3-7H,2H2,1H3,(H,11,13). The van der Waals surface area contributed by atoms with Gasteiger partial charge in [0.15, 0.2) is 6.29 Å². The maximum Gasteiger partial charge on any atom is 0.412 e. The highest BCUT2D eigenvalue weighted by molar-refractivity contribution is 5.81. The van der Waals surface area contributed by atoms with Crippen molar-refractivity contribution in [1.82, 2.24) is 5.32 Å². The average Bonchev–Trinajstić information content (AvgIpc) is 2.19. The van der Waals surface area contributed by atoms with E-state index in [0.717, 1.165) is 0 Å². The molecule has 0 aliphatic heterocycles. The van der Waals surface area contributed by atoms with Crippen LogP contribution < -0.4 is 10.1 Å². The number of aldehydes is 1. The summed E-state index contributed by atoms with van der Waals surface area (Å²) in [7, 11) is 0. The molecule has 0 spiro atoms. The Kier molecular flexibility index (Phi) is 3.67. The monoisotopic (exact) mass is 193 g/mol. The van der Waals surface area contributed by atoms with E-state index in [0.29, 0.717) is 18.4 Å². The van der Waals surface area contributed by atoms with E-state index < -0.39 is 6.09 Å². The zero-order chi connectivity index (χ0) is 10.4. The van der Waals surface area contributed by atoms with Gasteiger partial charge in [-0.2, -0.15) is 0 Å². The van der Waals surface area contributed by atoms with Gasteiger partial charge in [-0.05, 0) is 19.1 Å². The van der Waals surface area contributed by atoms with E-state index in [1.165, 1.54) is 0 Å². The topological polar surface area (TPSA) is 55.4 Å². The lowest BCUT2D eigenvalue weighted by Gasteiger charge is -2.05. The van der Waals surface area contributed by atoms with E-state index in [4.69, 9.17) is 4.74 Å². The molecule has 0 heterocycles. The Morgan fingerprint density at radius 1 is 1.50 bits per heavy atom. The Morgan fingerprint density at radius 3 is 2.86 bits per heavy atom. The summed E-state index contributed by atoms with van der Waals surface area (Å²) in [6.45, 7) is 2.27. The van der Waals surface area contributed by atoms with Crippen LogP contribution in [0.25, 0.3) is 0 Å². The van der Waals surface area contributed by atoms with E-state index in [1.807, 2.05) is 0 Å². The summed E-state index contributed by atoms with van der Waals surface area (Å²) in [6.07, 6.45) is 0.0935. The normalized spacial score (nSPS) is 9.21. The van der Waals surface area contributed by atoms with Crippen LogP contribution >= 0.6 is 0 Å². The van der Waals surface area contributed by atoms with Gasteiger partial charge in [0, 0.05) is 6.54 Å². The highest BCUT2D eigenvalue weighted by Crippen LogP contribution is 2.15. The van der Waals surface area contributed by atoms with Crippen molar-refractivity contribution in [3.8, 4) is 5.75 Å². The molecule has 1 aromatic rings. The largest absolute Gasteiger partial charge is 0.412 e. The summed E-state index contributed by atoms with van der Waals surface area (Å²) in [4.78, 5) is 21.6. The van der Waals surface area contributed by atoms with Gasteiger partial charge in [0.25, 0.3) is 0 Å². The number of para-hydroxylation sites is 1. The van der Waals surface area contributed by atoms with E-state index >= 15 is 0 Å². The first kappa shape index (κ1) is 10.2. The van der Waals surface area contributed by atoms with Crippen molar-refractivity contribution < 1.29 is 14.3 Å². The molecule has 0 atom stereocenters. The number of ether oxygens (including phenoxy) is 1. The molecular formula is C10H11NO3. The number of hydrogen-bond donors (Lipinski definition) is 1. The SMILES string of the molecule is CCNC(=O)Oc1ccccc1C=O. The third-order valence-electron chi connectivity index (χ3n) is 1.57. The predicted molar refractivity (Wildman–Crippen MR) is 51.5 cm³/mol. The van der Waals surface area contributed by atoms with Crippen LogP contribution in [0, 0.1) is 0 Å². The number of rotatable bonds is 3. The zero-order valence-electron chi connectivity index (χ0n) is 7.82. The highest BCUT2D eigenvalue weighted by atomic mass is 16.6. The van der Waals surface area contributed by atoms with Crippen molar-refractivity contribution in [2.24, 2.45) is 0 Å². The third kappa shape index (κ3) is 2.58.